The van der Waals surface area contributed by atoms with E-state index in [1.165, 1.54) is 27.9 Å². The van der Waals surface area contributed by atoms with Gasteiger partial charge in [0.25, 0.3) is 5.91 Å². The normalized spacial score (nSPS) is 17.7. The Bertz CT molecular complexity index is 761. The topological polar surface area (TPSA) is 84.7 Å². The lowest BCUT2D eigenvalue weighted by molar-refractivity contribution is -0.141. The number of ether oxygens (including phenoxy) is 1. The lowest BCUT2D eigenvalue weighted by Gasteiger charge is -2.31. The number of para-hydroxylation sites is 1. The van der Waals surface area contributed by atoms with Crippen molar-refractivity contribution >= 4 is 11.9 Å². The van der Waals surface area contributed by atoms with Crippen LogP contribution in [0.4, 0.5) is 4.39 Å². The summed E-state index contributed by atoms with van der Waals surface area (Å²) in [7, 11) is 0. The van der Waals surface area contributed by atoms with Gasteiger partial charge in [0.05, 0.1) is 19.1 Å². The molecule has 126 valence electrons. The zero-order chi connectivity index (χ0) is 17.1. The Morgan fingerprint density at radius 1 is 1.33 bits per heavy atom. The molecule has 0 aliphatic carbocycles. The summed E-state index contributed by atoms with van der Waals surface area (Å²) in [6.45, 7) is 0.830. The van der Waals surface area contributed by atoms with Gasteiger partial charge in [-0.15, -0.1) is 0 Å². The first kappa shape index (κ1) is 16.1. The number of carbonyl (C=O) groups is 2. The van der Waals surface area contributed by atoms with Crippen LogP contribution in [-0.2, 0) is 9.53 Å². The van der Waals surface area contributed by atoms with Crippen LogP contribution in [0.3, 0.4) is 0 Å². The number of benzene rings is 1. The molecular formula is C16H16FN3O4. The van der Waals surface area contributed by atoms with Crippen LogP contribution in [0.2, 0.25) is 0 Å². The van der Waals surface area contributed by atoms with Crippen LogP contribution in [0.5, 0.6) is 0 Å². The van der Waals surface area contributed by atoms with Crippen LogP contribution in [0.25, 0.3) is 5.69 Å². The highest BCUT2D eigenvalue weighted by atomic mass is 19.1. The zero-order valence-electron chi connectivity index (χ0n) is 12.8. The smallest absolute Gasteiger partial charge is 0.306 e. The summed E-state index contributed by atoms with van der Waals surface area (Å²) in [6, 6.07) is 7.65. The minimum Gasteiger partial charge on any atom is -0.481 e. The number of halogens is 1. The molecule has 0 bridgehead atoms. The molecule has 24 heavy (non-hydrogen) atoms. The fourth-order valence-corrected chi connectivity index (χ4v) is 2.59. The van der Waals surface area contributed by atoms with E-state index in [0.29, 0.717) is 6.54 Å². The SMILES string of the molecule is O=C(O)C[C@H]1CN(C(=O)c2ccn(-c3ccccc3F)n2)CCO1. The highest BCUT2D eigenvalue weighted by Crippen LogP contribution is 2.15. The number of hydrogen-bond acceptors (Lipinski definition) is 4. The van der Waals surface area contributed by atoms with Crippen LogP contribution in [0, 0.1) is 5.82 Å². The third-order valence-electron chi connectivity index (χ3n) is 3.74. The van der Waals surface area contributed by atoms with E-state index in [4.69, 9.17) is 9.84 Å². The molecule has 0 radical (unpaired) electrons. The van der Waals surface area contributed by atoms with Crippen molar-refractivity contribution in [2.75, 3.05) is 19.7 Å². The predicted molar refractivity (Wildman–Crippen MR) is 81.4 cm³/mol. The van der Waals surface area contributed by atoms with Gasteiger partial charge in [-0.1, -0.05) is 12.1 Å². The standard InChI is InChI=1S/C16H16FN3O4/c17-12-3-1-2-4-14(12)20-6-5-13(18-20)16(23)19-7-8-24-11(10-19)9-15(21)22/h1-6,11H,7-10H2,(H,21,22)/t11-/m0/s1. The highest BCUT2D eigenvalue weighted by Gasteiger charge is 2.27. The van der Waals surface area contributed by atoms with Crippen molar-refractivity contribution in [3.8, 4) is 5.69 Å². The Kier molecular flexibility index (Phi) is 4.57. The summed E-state index contributed by atoms with van der Waals surface area (Å²) in [5, 5.41) is 13.0. The van der Waals surface area contributed by atoms with Crippen LogP contribution in [-0.4, -0.2) is 57.5 Å². The van der Waals surface area contributed by atoms with Crippen molar-refractivity contribution < 1.29 is 23.8 Å². The minimum absolute atomic E-state index is 0.159. The Hall–Kier alpha value is -2.74. The molecule has 0 unspecified atom stereocenters. The third-order valence-corrected chi connectivity index (χ3v) is 3.74. The molecule has 1 aliphatic rings. The summed E-state index contributed by atoms with van der Waals surface area (Å²) in [6.07, 6.45) is 0.822. The molecule has 2 heterocycles. The second-order valence-electron chi connectivity index (χ2n) is 5.44. The lowest BCUT2D eigenvalue weighted by atomic mass is 10.2. The number of nitrogens with zero attached hydrogens (tertiary/aromatic N) is 3. The average Bonchev–Trinajstić information content (AvgIpc) is 3.04. The zero-order valence-corrected chi connectivity index (χ0v) is 12.8. The van der Waals surface area contributed by atoms with Gasteiger partial charge in [-0.05, 0) is 18.2 Å². The maximum Gasteiger partial charge on any atom is 0.306 e. The number of hydrogen-bond donors (Lipinski definition) is 1. The first-order valence-corrected chi connectivity index (χ1v) is 7.48. The number of rotatable bonds is 4. The predicted octanol–water partition coefficient (Wildman–Crippen LogP) is 1.33. The van der Waals surface area contributed by atoms with Crippen LogP contribution in [0.15, 0.2) is 36.5 Å². The molecule has 0 spiro atoms. The molecule has 8 heteroatoms. The average molecular weight is 333 g/mol. The number of aliphatic carboxylic acids is 1. The molecule has 3 rings (SSSR count). The Morgan fingerprint density at radius 3 is 2.88 bits per heavy atom. The Balaban J connectivity index is 1.74. The number of carbonyl (C=O) groups excluding carboxylic acids is 1. The van der Waals surface area contributed by atoms with Crippen LogP contribution >= 0.6 is 0 Å². The van der Waals surface area contributed by atoms with Gasteiger partial charge in [-0.25, -0.2) is 9.07 Å². The molecule has 7 nitrogen and oxygen atoms in total. The number of aromatic nitrogens is 2. The molecule has 1 fully saturated rings. The molecule has 1 atom stereocenters. The summed E-state index contributed by atoms with van der Waals surface area (Å²) >= 11 is 0. The number of carboxylic acids is 1. The highest BCUT2D eigenvalue weighted by molar-refractivity contribution is 5.92. The van der Waals surface area contributed by atoms with Gasteiger partial charge in [-0.3, -0.25) is 9.59 Å². The van der Waals surface area contributed by atoms with Gasteiger partial charge in [0.1, 0.15) is 11.5 Å². The second kappa shape index (κ2) is 6.79. The Labute approximate surface area is 137 Å². The maximum atomic E-state index is 13.8. The number of morpholine rings is 1. The van der Waals surface area contributed by atoms with Crippen molar-refractivity contribution in [1.82, 2.24) is 14.7 Å². The van der Waals surface area contributed by atoms with E-state index in [2.05, 4.69) is 5.10 Å². The van der Waals surface area contributed by atoms with E-state index in [9.17, 15) is 14.0 Å². The lowest BCUT2D eigenvalue weighted by Crippen LogP contribution is -2.46. The molecule has 1 aromatic carbocycles. The Morgan fingerprint density at radius 2 is 2.12 bits per heavy atom. The van der Waals surface area contributed by atoms with Gasteiger partial charge in [0.2, 0.25) is 0 Å². The quantitative estimate of drug-likeness (QED) is 0.912. The van der Waals surface area contributed by atoms with Gasteiger partial charge in [0.15, 0.2) is 5.69 Å². The molecule has 2 aromatic rings. The largest absolute Gasteiger partial charge is 0.481 e. The fraction of sp³-hybridized carbons (Fsp3) is 0.312. The van der Waals surface area contributed by atoms with Crippen LogP contribution in [0.1, 0.15) is 16.9 Å². The monoisotopic (exact) mass is 333 g/mol. The van der Waals surface area contributed by atoms with Crippen molar-refractivity contribution in [1.29, 1.82) is 0 Å². The summed E-state index contributed by atoms with van der Waals surface area (Å²) in [4.78, 5) is 24.8. The van der Waals surface area contributed by atoms with Crippen molar-refractivity contribution in [2.24, 2.45) is 0 Å². The second-order valence-corrected chi connectivity index (χ2v) is 5.44. The van der Waals surface area contributed by atoms with E-state index < -0.39 is 17.9 Å². The van der Waals surface area contributed by atoms with Gasteiger partial charge in [-0.2, -0.15) is 5.10 Å². The number of amides is 1. The minimum atomic E-state index is -0.974. The first-order valence-electron chi connectivity index (χ1n) is 7.48. The maximum absolute atomic E-state index is 13.8. The summed E-state index contributed by atoms with van der Waals surface area (Å²) in [5.41, 5.74) is 0.427. The van der Waals surface area contributed by atoms with E-state index in [1.54, 1.807) is 18.2 Å². The molecule has 1 saturated heterocycles. The molecule has 1 amide bonds. The van der Waals surface area contributed by atoms with Crippen molar-refractivity contribution in [2.45, 2.75) is 12.5 Å². The van der Waals surface area contributed by atoms with Gasteiger partial charge < -0.3 is 14.7 Å². The summed E-state index contributed by atoms with van der Waals surface area (Å²) < 4.78 is 20.4. The van der Waals surface area contributed by atoms with Crippen LogP contribution < -0.4 is 0 Å². The van der Waals surface area contributed by atoms with E-state index >= 15 is 0 Å². The van der Waals surface area contributed by atoms with Gasteiger partial charge >= 0.3 is 5.97 Å². The molecule has 1 N–H and O–H groups in total. The van der Waals surface area contributed by atoms with Gasteiger partial charge in [0, 0.05) is 19.3 Å². The first-order chi connectivity index (χ1) is 11.5. The van der Waals surface area contributed by atoms with E-state index in [1.807, 2.05) is 0 Å². The number of carboxylic acid groups (broad SMARTS) is 1. The molecule has 0 saturated carbocycles. The van der Waals surface area contributed by atoms with E-state index in [-0.39, 0.29) is 36.9 Å². The summed E-state index contributed by atoms with van der Waals surface area (Å²) in [5.74, 6) is -1.74. The molecule has 1 aliphatic heterocycles. The van der Waals surface area contributed by atoms with E-state index in [0.717, 1.165) is 0 Å². The molecule has 1 aromatic heterocycles. The van der Waals surface area contributed by atoms with Crippen molar-refractivity contribution in [3.05, 3.63) is 48.0 Å². The fourth-order valence-electron chi connectivity index (χ4n) is 2.59. The molecular weight excluding hydrogens is 317 g/mol. The van der Waals surface area contributed by atoms with Crippen molar-refractivity contribution in [3.63, 3.8) is 0 Å². The third kappa shape index (κ3) is 3.43.